The van der Waals surface area contributed by atoms with Crippen LogP contribution in [0.25, 0.3) is 0 Å². The van der Waals surface area contributed by atoms with Crippen LogP contribution < -0.4 is 10.9 Å². The van der Waals surface area contributed by atoms with Crippen molar-refractivity contribution in [2.24, 2.45) is 0 Å². The van der Waals surface area contributed by atoms with Crippen LogP contribution in [0, 0.1) is 6.92 Å². The van der Waals surface area contributed by atoms with E-state index in [1.807, 2.05) is 0 Å². The highest BCUT2D eigenvalue weighted by molar-refractivity contribution is 6.33. The number of alkyl halides is 3. The number of pyridine rings is 1. The second kappa shape index (κ2) is 8.59. The monoisotopic (exact) mass is 428 g/mol. The lowest BCUT2D eigenvalue weighted by Crippen LogP contribution is -2.31. The zero-order valence-electron chi connectivity index (χ0n) is 15.7. The van der Waals surface area contributed by atoms with E-state index in [1.54, 1.807) is 0 Å². The Hall–Kier alpha value is -2.32. The van der Waals surface area contributed by atoms with E-state index in [2.05, 4.69) is 5.32 Å². The van der Waals surface area contributed by atoms with Gasteiger partial charge in [-0.1, -0.05) is 23.7 Å². The maximum Gasteiger partial charge on any atom is 0.416 e. The number of aromatic nitrogens is 1. The third kappa shape index (κ3) is 4.82. The number of nitrogens with one attached hydrogen (secondary N) is 1. The van der Waals surface area contributed by atoms with E-state index in [9.17, 15) is 22.8 Å². The van der Waals surface area contributed by atoms with Gasteiger partial charge >= 0.3 is 6.18 Å². The first-order valence-electron chi connectivity index (χ1n) is 9.12. The van der Waals surface area contributed by atoms with Crippen LogP contribution in [0.1, 0.15) is 45.9 Å². The SMILES string of the molecule is Cc1c(CNC(=O)c2cn(C3CCOCC3)c(=O)cc2Cl)cccc1C(F)(F)F. The highest BCUT2D eigenvalue weighted by Gasteiger charge is 2.32. The molecule has 2 heterocycles. The summed E-state index contributed by atoms with van der Waals surface area (Å²) >= 11 is 6.09. The molecule has 1 N–H and O–H groups in total. The molecule has 3 rings (SSSR count). The minimum atomic E-state index is -4.47. The van der Waals surface area contributed by atoms with Crippen molar-refractivity contribution in [3.63, 3.8) is 0 Å². The number of nitrogens with zero attached hydrogens (tertiary/aromatic N) is 1. The van der Waals surface area contributed by atoms with Gasteiger partial charge in [0.05, 0.1) is 16.1 Å². The predicted octanol–water partition coefficient (Wildman–Crippen LogP) is 4.11. The van der Waals surface area contributed by atoms with E-state index in [0.29, 0.717) is 31.6 Å². The number of rotatable bonds is 4. The van der Waals surface area contributed by atoms with Crippen molar-refractivity contribution in [3.05, 3.63) is 68.1 Å². The summed E-state index contributed by atoms with van der Waals surface area (Å²) in [6.45, 7) is 2.32. The van der Waals surface area contributed by atoms with Crippen molar-refractivity contribution in [1.29, 1.82) is 0 Å². The molecule has 9 heteroatoms. The summed E-state index contributed by atoms with van der Waals surface area (Å²) in [6, 6.07) is 4.92. The van der Waals surface area contributed by atoms with Gasteiger partial charge in [-0.05, 0) is 37.0 Å². The third-order valence-corrected chi connectivity index (χ3v) is 5.36. The van der Waals surface area contributed by atoms with E-state index < -0.39 is 17.6 Å². The average Bonchev–Trinajstić information content (AvgIpc) is 2.67. The van der Waals surface area contributed by atoms with E-state index in [0.717, 1.165) is 6.07 Å². The van der Waals surface area contributed by atoms with Crippen LogP contribution in [0.5, 0.6) is 0 Å². The fourth-order valence-electron chi connectivity index (χ4n) is 3.39. The van der Waals surface area contributed by atoms with Crippen molar-refractivity contribution in [3.8, 4) is 0 Å². The third-order valence-electron chi connectivity index (χ3n) is 5.05. The lowest BCUT2D eigenvalue weighted by molar-refractivity contribution is -0.138. The molecular weight excluding hydrogens is 409 g/mol. The molecule has 0 aliphatic carbocycles. The zero-order chi connectivity index (χ0) is 21.2. The molecule has 5 nitrogen and oxygen atoms in total. The van der Waals surface area contributed by atoms with Crippen LogP contribution in [0.3, 0.4) is 0 Å². The van der Waals surface area contributed by atoms with Gasteiger partial charge in [0, 0.05) is 38.1 Å². The molecule has 0 bridgehead atoms. The number of hydrogen-bond acceptors (Lipinski definition) is 3. The fourth-order valence-corrected chi connectivity index (χ4v) is 3.62. The normalized spacial score (nSPS) is 15.3. The molecule has 1 saturated heterocycles. The molecule has 0 unspecified atom stereocenters. The molecule has 2 aromatic rings. The maximum absolute atomic E-state index is 13.1. The lowest BCUT2D eigenvalue weighted by Gasteiger charge is -2.24. The highest BCUT2D eigenvalue weighted by atomic mass is 35.5. The van der Waals surface area contributed by atoms with Crippen LogP contribution in [-0.2, 0) is 17.5 Å². The summed E-state index contributed by atoms with van der Waals surface area (Å²) in [6.07, 6.45) is -1.76. The summed E-state index contributed by atoms with van der Waals surface area (Å²) < 4.78 is 45.9. The Morgan fingerprint density at radius 1 is 1.31 bits per heavy atom. The number of hydrogen-bond donors (Lipinski definition) is 1. The van der Waals surface area contributed by atoms with Gasteiger partial charge in [-0.15, -0.1) is 0 Å². The Bertz CT molecular complexity index is 966. The van der Waals surface area contributed by atoms with Crippen LogP contribution in [0.15, 0.2) is 35.3 Å². The maximum atomic E-state index is 13.1. The van der Waals surface area contributed by atoms with Crippen LogP contribution in [0.4, 0.5) is 13.2 Å². The van der Waals surface area contributed by atoms with Crippen molar-refractivity contribution in [2.75, 3.05) is 13.2 Å². The van der Waals surface area contributed by atoms with E-state index in [-0.39, 0.29) is 34.3 Å². The summed E-state index contributed by atoms with van der Waals surface area (Å²) in [5, 5.41) is 2.59. The minimum Gasteiger partial charge on any atom is -0.381 e. The van der Waals surface area contributed by atoms with E-state index in [1.165, 1.54) is 35.9 Å². The van der Waals surface area contributed by atoms with Gasteiger partial charge in [0.15, 0.2) is 0 Å². The Morgan fingerprint density at radius 2 is 2.00 bits per heavy atom. The number of benzene rings is 1. The van der Waals surface area contributed by atoms with Gasteiger partial charge in [0.25, 0.3) is 11.5 Å². The quantitative estimate of drug-likeness (QED) is 0.797. The largest absolute Gasteiger partial charge is 0.416 e. The Morgan fingerprint density at radius 3 is 2.66 bits per heavy atom. The molecule has 29 heavy (non-hydrogen) atoms. The summed E-state index contributed by atoms with van der Waals surface area (Å²) in [5.41, 5.74) is -0.550. The molecule has 0 radical (unpaired) electrons. The molecule has 156 valence electrons. The first kappa shape index (κ1) is 21.4. The number of carbonyl (C=O) groups excluding carboxylic acids is 1. The molecule has 1 aromatic carbocycles. The fraction of sp³-hybridized carbons (Fsp3) is 0.400. The van der Waals surface area contributed by atoms with Gasteiger partial charge in [-0.2, -0.15) is 13.2 Å². The molecule has 1 aliphatic rings. The van der Waals surface area contributed by atoms with Gasteiger partial charge in [0.1, 0.15) is 0 Å². The molecule has 0 saturated carbocycles. The second-order valence-corrected chi connectivity index (χ2v) is 7.30. The van der Waals surface area contributed by atoms with E-state index in [4.69, 9.17) is 16.3 Å². The van der Waals surface area contributed by atoms with Crippen molar-refractivity contribution < 1.29 is 22.7 Å². The van der Waals surface area contributed by atoms with E-state index >= 15 is 0 Å². The molecule has 1 aliphatic heterocycles. The number of carbonyl (C=O) groups is 1. The van der Waals surface area contributed by atoms with Crippen molar-refractivity contribution in [2.45, 2.75) is 38.5 Å². The second-order valence-electron chi connectivity index (χ2n) is 6.89. The van der Waals surface area contributed by atoms with Gasteiger partial charge < -0.3 is 14.6 Å². The minimum absolute atomic E-state index is 0.00317. The molecule has 0 spiro atoms. The molecule has 1 aromatic heterocycles. The predicted molar refractivity (Wildman–Crippen MR) is 102 cm³/mol. The van der Waals surface area contributed by atoms with Crippen molar-refractivity contribution >= 4 is 17.5 Å². The summed E-state index contributed by atoms with van der Waals surface area (Å²) in [5.74, 6) is -0.562. The summed E-state index contributed by atoms with van der Waals surface area (Å²) in [4.78, 5) is 24.9. The first-order valence-corrected chi connectivity index (χ1v) is 9.49. The Kier molecular flexibility index (Phi) is 6.33. The highest BCUT2D eigenvalue weighted by Crippen LogP contribution is 2.33. The topological polar surface area (TPSA) is 60.3 Å². The zero-order valence-corrected chi connectivity index (χ0v) is 16.4. The first-order chi connectivity index (χ1) is 13.7. The van der Waals surface area contributed by atoms with Gasteiger partial charge in [-0.3, -0.25) is 9.59 Å². The smallest absolute Gasteiger partial charge is 0.381 e. The number of halogens is 4. The Balaban J connectivity index is 1.80. The van der Waals surface area contributed by atoms with Crippen LogP contribution >= 0.6 is 11.6 Å². The standard InChI is InChI=1S/C20H20ClF3N2O3/c1-12-13(3-2-4-16(12)20(22,23)24)10-25-19(28)15-11-26(18(27)9-17(15)21)14-5-7-29-8-6-14/h2-4,9,11,14H,5-8,10H2,1H3,(H,25,28). The molecular formula is C20H20ClF3N2O3. The molecule has 1 fully saturated rings. The Labute approximate surface area is 170 Å². The molecule has 0 atom stereocenters. The van der Waals surface area contributed by atoms with Gasteiger partial charge in [0.2, 0.25) is 0 Å². The lowest BCUT2D eigenvalue weighted by atomic mass is 10.0. The number of ether oxygens (including phenoxy) is 1. The average molecular weight is 429 g/mol. The summed E-state index contributed by atoms with van der Waals surface area (Å²) in [7, 11) is 0. The van der Waals surface area contributed by atoms with Crippen LogP contribution in [-0.4, -0.2) is 23.7 Å². The number of amides is 1. The van der Waals surface area contributed by atoms with Crippen molar-refractivity contribution in [1.82, 2.24) is 9.88 Å². The molecule has 1 amide bonds. The van der Waals surface area contributed by atoms with Gasteiger partial charge in [-0.25, -0.2) is 0 Å². The van der Waals surface area contributed by atoms with Crippen LogP contribution in [0.2, 0.25) is 5.02 Å².